The van der Waals surface area contributed by atoms with Gasteiger partial charge in [0.15, 0.2) is 0 Å². The van der Waals surface area contributed by atoms with Gasteiger partial charge in [-0.3, -0.25) is 0 Å². The fraction of sp³-hybridized carbons (Fsp3) is 0.857. The minimum Gasteiger partial charge on any atom is -0.311 e. The summed E-state index contributed by atoms with van der Waals surface area (Å²) in [6.45, 7) is 3.48. The Hall–Kier alpha value is -0.300. The molecule has 1 nitrogen and oxygen atoms in total. The summed E-state index contributed by atoms with van der Waals surface area (Å²) in [4.78, 5) is 0. The van der Waals surface area contributed by atoms with E-state index < -0.39 is 0 Å². The molecule has 0 amide bonds. The molecule has 1 unspecified atom stereocenters. The lowest BCUT2D eigenvalue weighted by Crippen LogP contribution is -2.29. The predicted molar refractivity (Wildman–Crippen MR) is 68.2 cm³/mol. The van der Waals surface area contributed by atoms with Crippen molar-refractivity contribution >= 4 is 0 Å². The molecule has 1 aliphatic carbocycles. The van der Waals surface area contributed by atoms with E-state index in [4.69, 9.17) is 0 Å². The summed E-state index contributed by atoms with van der Waals surface area (Å²) in [6, 6.07) is 0.675. The monoisotopic (exact) mass is 209 g/mol. The van der Waals surface area contributed by atoms with Crippen LogP contribution in [0.5, 0.6) is 0 Å². The third kappa shape index (κ3) is 6.72. The van der Waals surface area contributed by atoms with Crippen LogP contribution in [0.25, 0.3) is 0 Å². The number of hydrogen-bond acceptors (Lipinski definition) is 1. The van der Waals surface area contributed by atoms with Crippen molar-refractivity contribution in [3.63, 3.8) is 0 Å². The maximum absolute atomic E-state index is 3.63. The Morgan fingerprint density at radius 2 is 1.93 bits per heavy atom. The van der Waals surface area contributed by atoms with E-state index >= 15 is 0 Å². The fourth-order valence-corrected chi connectivity index (χ4v) is 2.18. The Morgan fingerprint density at radius 3 is 2.67 bits per heavy atom. The zero-order valence-corrected chi connectivity index (χ0v) is 10.3. The molecular weight excluding hydrogens is 182 g/mol. The van der Waals surface area contributed by atoms with Crippen molar-refractivity contribution in [1.82, 2.24) is 5.32 Å². The topological polar surface area (TPSA) is 12.0 Å². The Balaban J connectivity index is 1.84. The van der Waals surface area contributed by atoms with Gasteiger partial charge in [-0.15, -0.1) is 0 Å². The highest BCUT2D eigenvalue weighted by molar-refractivity contribution is 4.97. The third-order valence-corrected chi connectivity index (χ3v) is 3.19. The minimum absolute atomic E-state index is 0.675. The number of hydrogen-bond donors (Lipinski definition) is 1. The summed E-state index contributed by atoms with van der Waals surface area (Å²) in [5.74, 6) is 0. The Morgan fingerprint density at radius 1 is 1.13 bits per heavy atom. The molecule has 0 heterocycles. The second-order valence-corrected chi connectivity index (χ2v) is 4.69. The van der Waals surface area contributed by atoms with Crippen molar-refractivity contribution in [3.8, 4) is 0 Å². The molecule has 1 rings (SSSR count). The molecule has 0 spiro atoms. The highest BCUT2D eigenvalue weighted by atomic mass is 14.9. The second kappa shape index (κ2) is 8.96. The van der Waals surface area contributed by atoms with Gasteiger partial charge in [-0.2, -0.15) is 0 Å². The second-order valence-electron chi connectivity index (χ2n) is 4.69. The molecule has 1 atom stereocenters. The molecule has 15 heavy (non-hydrogen) atoms. The van der Waals surface area contributed by atoms with Crippen LogP contribution < -0.4 is 5.32 Å². The fourth-order valence-electron chi connectivity index (χ4n) is 2.18. The van der Waals surface area contributed by atoms with E-state index in [0.29, 0.717) is 6.04 Å². The van der Waals surface area contributed by atoms with E-state index in [1.54, 1.807) is 0 Å². The summed E-state index contributed by atoms with van der Waals surface area (Å²) in [5.41, 5.74) is 0. The van der Waals surface area contributed by atoms with Crippen molar-refractivity contribution in [2.24, 2.45) is 0 Å². The van der Waals surface area contributed by atoms with Gasteiger partial charge in [0.2, 0.25) is 0 Å². The third-order valence-electron chi connectivity index (χ3n) is 3.19. The van der Waals surface area contributed by atoms with Gasteiger partial charge in [0.05, 0.1) is 0 Å². The van der Waals surface area contributed by atoms with Gasteiger partial charge in [-0.25, -0.2) is 0 Å². The van der Waals surface area contributed by atoms with Gasteiger partial charge < -0.3 is 5.32 Å². The van der Waals surface area contributed by atoms with Crippen LogP contribution in [-0.2, 0) is 0 Å². The number of allylic oxidation sites excluding steroid dienone is 1. The van der Waals surface area contributed by atoms with Gasteiger partial charge in [0, 0.05) is 6.04 Å². The molecule has 0 bridgehead atoms. The van der Waals surface area contributed by atoms with Crippen molar-refractivity contribution in [1.29, 1.82) is 0 Å². The molecule has 0 aromatic heterocycles. The lowest BCUT2D eigenvalue weighted by molar-refractivity contribution is 0.499. The van der Waals surface area contributed by atoms with Crippen LogP contribution in [0.1, 0.15) is 64.7 Å². The molecule has 0 aromatic rings. The van der Waals surface area contributed by atoms with Crippen molar-refractivity contribution in [3.05, 3.63) is 12.2 Å². The zero-order chi connectivity index (χ0) is 10.8. The summed E-state index contributed by atoms with van der Waals surface area (Å²) in [7, 11) is 0. The molecule has 0 saturated heterocycles. The highest BCUT2D eigenvalue weighted by Crippen LogP contribution is 2.10. The minimum atomic E-state index is 0.675. The smallest absolute Gasteiger partial charge is 0.0250 e. The van der Waals surface area contributed by atoms with E-state index in [-0.39, 0.29) is 0 Å². The van der Waals surface area contributed by atoms with Crippen LogP contribution in [-0.4, -0.2) is 12.6 Å². The largest absolute Gasteiger partial charge is 0.311 e. The van der Waals surface area contributed by atoms with Gasteiger partial charge in [-0.1, -0.05) is 51.2 Å². The molecule has 0 aromatic carbocycles. The van der Waals surface area contributed by atoms with Crippen LogP contribution in [0.2, 0.25) is 0 Å². The van der Waals surface area contributed by atoms with Crippen molar-refractivity contribution < 1.29 is 0 Å². The van der Waals surface area contributed by atoms with Crippen LogP contribution in [0.3, 0.4) is 0 Å². The van der Waals surface area contributed by atoms with E-state index in [0.717, 1.165) is 0 Å². The van der Waals surface area contributed by atoms with E-state index in [1.165, 1.54) is 64.3 Å². The van der Waals surface area contributed by atoms with Crippen LogP contribution in [0.4, 0.5) is 0 Å². The highest BCUT2D eigenvalue weighted by Gasteiger charge is 2.05. The average Bonchev–Trinajstić information content (AvgIpc) is 2.29. The first kappa shape index (κ1) is 12.8. The quantitative estimate of drug-likeness (QED) is 0.470. The van der Waals surface area contributed by atoms with Crippen LogP contribution in [0.15, 0.2) is 12.2 Å². The van der Waals surface area contributed by atoms with Gasteiger partial charge in [0.25, 0.3) is 0 Å². The Labute approximate surface area is 95.3 Å². The average molecular weight is 209 g/mol. The number of rotatable bonds is 8. The van der Waals surface area contributed by atoms with Crippen LogP contribution in [0, 0.1) is 0 Å². The molecule has 0 fully saturated rings. The van der Waals surface area contributed by atoms with Crippen molar-refractivity contribution in [2.45, 2.75) is 70.8 Å². The first-order chi connectivity index (χ1) is 7.43. The van der Waals surface area contributed by atoms with Crippen molar-refractivity contribution in [2.75, 3.05) is 6.54 Å². The first-order valence-electron chi connectivity index (χ1n) is 6.83. The first-order valence-corrected chi connectivity index (χ1v) is 6.83. The number of nitrogens with one attached hydrogen (secondary N) is 1. The summed E-state index contributed by atoms with van der Waals surface area (Å²) < 4.78 is 0. The molecular formula is C14H27N. The van der Waals surface area contributed by atoms with E-state index in [1.807, 2.05) is 0 Å². The molecule has 0 aliphatic heterocycles. The maximum atomic E-state index is 3.63. The Kier molecular flexibility index (Phi) is 7.63. The molecule has 88 valence electrons. The molecule has 1 aliphatic rings. The zero-order valence-electron chi connectivity index (χ0n) is 10.3. The maximum Gasteiger partial charge on any atom is 0.0250 e. The van der Waals surface area contributed by atoms with Gasteiger partial charge in [0.1, 0.15) is 0 Å². The standard InChI is InChI=1S/C14H27N/c1-2-3-4-5-6-10-13-15-14-11-8-7-9-12-14/h8,11,14-15H,2-7,9-10,12-13H2,1H3. The predicted octanol–water partition coefficient (Wildman–Crippen LogP) is 4.05. The molecule has 0 radical (unpaired) electrons. The summed E-state index contributed by atoms with van der Waals surface area (Å²) in [6.07, 6.45) is 17.0. The normalized spacial score (nSPS) is 20.7. The molecule has 1 N–H and O–H groups in total. The summed E-state index contributed by atoms with van der Waals surface area (Å²) >= 11 is 0. The van der Waals surface area contributed by atoms with E-state index in [9.17, 15) is 0 Å². The van der Waals surface area contributed by atoms with Gasteiger partial charge in [-0.05, 0) is 32.2 Å². The van der Waals surface area contributed by atoms with Gasteiger partial charge >= 0.3 is 0 Å². The van der Waals surface area contributed by atoms with E-state index in [2.05, 4.69) is 24.4 Å². The SMILES string of the molecule is CCCCCCCCNC1C=CCCC1. The molecule has 0 saturated carbocycles. The lowest BCUT2D eigenvalue weighted by atomic mass is 10.0. The number of unbranched alkanes of at least 4 members (excludes halogenated alkanes) is 5. The molecule has 1 heteroatoms. The van der Waals surface area contributed by atoms with Crippen LogP contribution >= 0.6 is 0 Å². The summed E-state index contributed by atoms with van der Waals surface area (Å²) in [5, 5.41) is 3.63. The lowest BCUT2D eigenvalue weighted by Gasteiger charge is -2.17. The Bertz CT molecular complexity index is 163.